The standard InChI is InChI=1S/C12H16N4O2S2/c17-16(18)11-7-6-10(20-11)8-13-15-12(19)14-9-4-2-1-3-5-9/h6-9H,1-5H2,(H2,14,15,19)/b13-8-. The second kappa shape index (κ2) is 7.30. The molecule has 1 aliphatic rings. The molecular formula is C12H16N4O2S2. The van der Waals surface area contributed by atoms with Gasteiger partial charge >= 0.3 is 5.00 Å². The Balaban J connectivity index is 1.76. The Morgan fingerprint density at radius 1 is 1.45 bits per heavy atom. The van der Waals surface area contributed by atoms with Gasteiger partial charge in [0.1, 0.15) is 0 Å². The van der Waals surface area contributed by atoms with E-state index in [9.17, 15) is 10.1 Å². The number of nitrogens with one attached hydrogen (secondary N) is 2. The van der Waals surface area contributed by atoms with Crippen molar-refractivity contribution in [1.29, 1.82) is 0 Å². The number of thiocarbonyl (C=S) groups is 1. The molecule has 0 amide bonds. The van der Waals surface area contributed by atoms with Crippen LogP contribution in [0.25, 0.3) is 0 Å². The van der Waals surface area contributed by atoms with Crippen molar-refractivity contribution >= 4 is 39.9 Å². The van der Waals surface area contributed by atoms with Crippen LogP contribution >= 0.6 is 23.6 Å². The molecule has 1 heterocycles. The van der Waals surface area contributed by atoms with E-state index >= 15 is 0 Å². The molecule has 0 atom stereocenters. The van der Waals surface area contributed by atoms with Crippen LogP contribution in [-0.4, -0.2) is 22.3 Å². The van der Waals surface area contributed by atoms with Crippen LogP contribution in [0.3, 0.4) is 0 Å². The van der Waals surface area contributed by atoms with Gasteiger partial charge in [-0.1, -0.05) is 30.6 Å². The highest BCUT2D eigenvalue weighted by atomic mass is 32.1. The maximum atomic E-state index is 10.5. The Morgan fingerprint density at radius 2 is 2.20 bits per heavy atom. The average molecular weight is 312 g/mol. The summed E-state index contributed by atoms with van der Waals surface area (Å²) in [7, 11) is 0. The van der Waals surface area contributed by atoms with Gasteiger partial charge in [-0.25, -0.2) is 0 Å². The molecule has 0 spiro atoms. The maximum absolute atomic E-state index is 10.5. The predicted octanol–water partition coefficient (Wildman–Crippen LogP) is 2.79. The number of nitro groups is 1. The summed E-state index contributed by atoms with van der Waals surface area (Å²) >= 11 is 6.23. The molecule has 20 heavy (non-hydrogen) atoms. The van der Waals surface area contributed by atoms with E-state index in [0.29, 0.717) is 16.0 Å². The van der Waals surface area contributed by atoms with Gasteiger partial charge in [0.25, 0.3) is 0 Å². The van der Waals surface area contributed by atoms with E-state index in [1.165, 1.54) is 31.5 Å². The third-order valence-corrected chi connectivity index (χ3v) is 4.27. The Hall–Kier alpha value is -1.54. The normalized spacial score (nSPS) is 16.2. The summed E-state index contributed by atoms with van der Waals surface area (Å²) in [6, 6.07) is 3.55. The molecule has 0 aliphatic heterocycles. The van der Waals surface area contributed by atoms with Crippen molar-refractivity contribution in [2.75, 3.05) is 0 Å². The van der Waals surface area contributed by atoms with Crippen molar-refractivity contribution in [2.45, 2.75) is 38.1 Å². The maximum Gasteiger partial charge on any atom is 0.324 e. The Labute approximate surface area is 126 Å². The number of hydrogen-bond donors (Lipinski definition) is 2. The molecular weight excluding hydrogens is 296 g/mol. The van der Waals surface area contributed by atoms with Crippen LogP contribution < -0.4 is 10.7 Å². The fourth-order valence-electron chi connectivity index (χ4n) is 2.13. The van der Waals surface area contributed by atoms with Crippen LogP contribution in [0.1, 0.15) is 37.0 Å². The Morgan fingerprint density at radius 3 is 2.85 bits per heavy atom. The monoisotopic (exact) mass is 312 g/mol. The molecule has 1 saturated carbocycles. The highest BCUT2D eigenvalue weighted by Crippen LogP contribution is 2.22. The Kier molecular flexibility index (Phi) is 5.42. The van der Waals surface area contributed by atoms with Gasteiger partial charge in [0.2, 0.25) is 0 Å². The first-order valence-electron chi connectivity index (χ1n) is 6.49. The van der Waals surface area contributed by atoms with Crippen LogP contribution in [0.5, 0.6) is 0 Å². The quantitative estimate of drug-likeness (QED) is 0.387. The topological polar surface area (TPSA) is 79.6 Å². The predicted molar refractivity (Wildman–Crippen MR) is 84.3 cm³/mol. The first kappa shape index (κ1) is 14.9. The van der Waals surface area contributed by atoms with E-state index in [1.807, 2.05) is 0 Å². The molecule has 2 N–H and O–H groups in total. The number of rotatable bonds is 4. The molecule has 0 unspecified atom stereocenters. The number of hydrogen-bond acceptors (Lipinski definition) is 5. The molecule has 108 valence electrons. The largest absolute Gasteiger partial charge is 0.359 e. The lowest BCUT2D eigenvalue weighted by molar-refractivity contribution is -0.380. The van der Waals surface area contributed by atoms with Crippen molar-refractivity contribution in [2.24, 2.45) is 5.10 Å². The fraction of sp³-hybridized carbons (Fsp3) is 0.500. The van der Waals surface area contributed by atoms with Crippen LogP contribution in [0.2, 0.25) is 0 Å². The van der Waals surface area contributed by atoms with E-state index < -0.39 is 4.92 Å². The summed E-state index contributed by atoms with van der Waals surface area (Å²) in [6.07, 6.45) is 7.59. The highest BCUT2D eigenvalue weighted by Gasteiger charge is 2.13. The summed E-state index contributed by atoms with van der Waals surface area (Å²) in [5.74, 6) is 0. The third kappa shape index (κ3) is 4.53. The number of nitrogens with zero attached hydrogens (tertiary/aromatic N) is 2. The van der Waals surface area contributed by atoms with Gasteiger partial charge in [0.05, 0.1) is 16.0 Å². The van der Waals surface area contributed by atoms with Gasteiger partial charge in [-0.2, -0.15) is 5.10 Å². The van der Waals surface area contributed by atoms with Gasteiger partial charge in [0.15, 0.2) is 5.11 Å². The van der Waals surface area contributed by atoms with E-state index in [-0.39, 0.29) is 5.00 Å². The molecule has 0 aromatic carbocycles. The second-order valence-electron chi connectivity index (χ2n) is 4.61. The fourth-order valence-corrected chi connectivity index (χ4v) is 3.04. The average Bonchev–Trinajstić information content (AvgIpc) is 2.89. The lowest BCUT2D eigenvalue weighted by atomic mass is 9.96. The first-order valence-corrected chi connectivity index (χ1v) is 7.71. The first-order chi connectivity index (χ1) is 9.65. The molecule has 1 aromatic heterocycles. The number of hydrazone groups is 1. The minimum Gasteiger partial charge on any atom is -0.359 e. The van der Waals surface area contributed by atoms with E-state index in [4.69, 9.17) is 12.2 Å². The lowest BCUT2D eigenvalue weighted by Gasteiger charge is -2.23. The van der Waals surface area contributed by atoms with Gasteiger partial charge in [-0.15, -0.1) is 0 Å². The van der Waals surface area contributed by atoms with Crippen molar-refractivity contribution < 1.29 is 4.92 Å². The molecule has 2 rings (SSSR count). The van der Waals surface area contributed by atoms with Crippen LogP contribution in [0.4, 0.5) is 5.00 Å². The zero-order chi connectivity index (χ0) is 14.4. The zero-order valence-corrected chi connectivity index (χ0v) is 12.5. The SMILES string of the molecule is O=[N+]([O-])c1ccc(/C=N\NC(=S)NC2CCCCC2)s1. The number of thiophene rings is 1. The van der Waals surface area contributed by atoms with Gasteiger partial charge in [-0.05, 0) is 31.1 Å². The van der Waals surface area contributed by atoms with Crippen LogP contribution in [0, 0.1) is 10.1 Å². The summed E-state index contributed by atoms with van der Waals surface area (Å²) in [5.41, 5.74) is 2.74. The van der Waals surface area contributed by atoms with Gasteiger partial charge in [0, 0.05) is 12.1 Å². The van der Waals surface area contributed by atoms with Crippen molar-refractivity contribution in [3.63, 3.8) is 0 Å². The van der Waals surface area contributed by atoms with Crippen molar-refractivity contribution in [1.82, 2.24) is 10.7 Å². The lowest BCUT2D eigenvalue weighted by Crippen LogP contribution is -2.40. The van der Waals surface area contributed by atoms with Gasteiger partial charge < -0.3 is 5.32 Å². The summed E-state index contributed by atoms with van der Waals surface area (Å²) in [4.78, 5) is 10.8. The third-order valence-electron chi connectivity index (χ3n) is 3.09. The van der Waals surface area contributed by atoms with E-state index in [0.717, 1.165) is 24.2 Å². The smallest absolute Gasteiger partial charge is 0.324 e. The molecule has 1 aromatic rings. The molecule has 1 aliphatic carbocycles. The Bertz CT molecular complexity index is 509. The summed E-state index contributed by atoms with van der Waals surface area (Å²) in [5, 5.41) is 18.4. The molecule has 1 fully saturated rings. The highest BCUT2D eigenvalue weighted by molar-refractivity contribution is 7.80. The van der Waals surface area contributed by atoms with Gasteiger partial charge in [-0.3, -0.25) is 15.5 Å². The van der Waals surface area contributed by atoms with E-state index in [2.05, 4.69) is 15.8 Å². The summed E-state index contributed by atoms with van der Waals surface area (Å²) < 4.78 is 0. The molecule has 0 radical (unpaired) electrons. The van der Waals surface area contributed by atoms with Crippen LogP contribution in [-0.2, 0) is 0 Å². The van der Waals surface area contributed by atoms with Crippen molar-refractivity contribution in [3.8, 4) is 0 Å². The zero-order valence-electron chi connectivity index (χ0n) is 10.9. The minimum absolute atomic E-state index is 0.106. The second-order valence-corrected chi connectivity index (χ2v) is 6.11. The minimum atomic E-state index is -0.412. The van der Waals surface area contributed by atoms with E-state index in [1.54, 1.807) is 6.07 Å². The van der Waals surface area contributed by atoms with Crippen molar-refractivity contribution in [3.05, 3.63) is 27.1 Å². The van der Waals surface area contributed by atoms with Crippen LogP contribution in [0.15, 0.2) is 17.2 Å². The molecule has 8 heteroatoms. The molecule has 6 nitrogen and oxygen atoms in total. The molecule has 0 bridgehead atoms. The summed E-state index contributed by atoms with van der Waals surface area (Å²) in [6.45, 7) is 0. The molecule has 0 saturated heterocycles.